The number of imidazole rings is 2. The number of carbonyl (C=O) groups is 3. The maximum atomic E-state index is 13.6. The summed E-state index contributed by atoms with van der Waals surface area (Å²) in [5, 5.41) is 2.72. The Balaban J connectivity index is 1.11. The number of aromatic amines is 2. The largest absolute Gasteiger partial charge is 0.453 e. The lowest BCUT2D eigenvalue weighted by molar-refractivity contribution is -0.135. The van der Waals surface area contributed by atoms with Gasteiger partial charge < -0.3 is 29.8 Å². The van der Waals surface area contributed by atoms with Gasteiger partial charge >= 0.3 is 6.09 Å². The monoisotopic (exact) mass is 705 g/mol. The minimum absolute atomic E-state index is 0.00527. The average molecular weight is 706 g/mol. The predicted octanol–water partition coefficient (Wildman–Crippen LogP) is 7.53. The summed E-state index contributed by atoms with van der Waals surface area (Å²) in [7, 11) is 1.30. The van der Waals surface area contributed by atoms with E-state index < -0.39 is 12.1 Å². The van der Waals surface area contributed by atoms with E-state index in [4.69, 9.17) is 14.7 Å². The summed E-state index contributed by atoms with van der Waals surface area (Å²) < 4.78 is 4.78. The Morgan fingerprint density at radius 1 is 0.846 bits per heavy atom. The van der Waals surface area contributed by atoms with Gasteiger partial charge in [-0.15, -0.1) is 0 Å². The number of nitrogens with zero attached hydrogens (tertiary/aromatic N) is 4. The number of hydrogen-bond donors (Lipinski definition) is 3. The highest BCUT2D eigenvalue weighted by Crippen LogP contribution is 2.50. The molecule has 274 valence electrons. The molecular formula is C41H51N7O4. The number of alkyl carbamates (subject to hydrolysis) is 1. The molecule has 0 saturated carbocycles. The second-order valence-corrected chi connectivity index (χ2v) is 15.9. The van der Waals surface area contributed by atoms with E-state index in [1.165, 1.54) is 29.4 Å². The molecule has 0 radical (unpaired) electrons. The first kappa shape index (κ1) is 35.5. The third-order valence-electron chi connectivity index (χ3n) is 11.2. The fourth-order valence-electron chi connectivity index (χ4n) is 8.39. The summed E-state index contributed by atoms with van der Waals surface area (Å²) >= 11 is 0. The molecule has 3 aliphatic rings. The van der Waals surface area contributed by atoms with Crippen LogP contribution in [0.2, 0.25) is 0 Å². The van der Waals surface area contributed by atoms with E-state index in [0.29, 0.717) is 18.9 Å². The number of nitrogens with one attached hydrogen (secondary N) is 3. The van der Waals surface area contributed by atoms with E-state index in [2.05, 4.69) is 79.4 Å². The Hall–Kier alpha value is -4.93. The Kier molecular flexibility index (Phi) is 9.48. The van der Waals surface area contributed by atoms with Crippen molar-refractivity contribution in [2.45, 2.75) is 97.2 Å². The fraction of sp³-hybridized carbons (Fsp3) is 0.488. The summed E-state index contributed by atoms with van der Waals surface area (Å²) in [5.41, 5.74) is 8.66. The van der Waals surface area contributed by atoms with Crippen molar-refractivity contribution in [1.29, 1.82) is 0 Å². The Morgan fingerprint density at radius 2 is 1.37 bits per heavy atom. The molecule has 0 unspecified atom stereocenters. The lowest BCUT2D eigenvalue weighted by Gasteiger charge is -2.30. The molecule has 52 heavy (non-hydrogen) atoms. The molecule has 0 spiro atoms. The van der Waals surface area contributed by atoms with Crippen molar-refractivity contribution in [3.8, 4) is 33.6 Å². The normalized spacial score (nSPS) is 19.6. The molecule has 1 aliphatic carbocycles. The van der Waals surface area contributed by atoms with E-state index in [9.17, 15) is 14.4 Å². The zero-order valence-corrected chi connectivity index (χ0v) is 31.4. The van der Waals surface area contributed by atoms with E-state index in [1.54, 1.807) is 0 Å². The summed E-state index contributed by atoms with van der Waals surface area (Å²) in [4.78, 5) is 59.1. The van der Waals surface area contributed by atoms with Gasteiger partial charge in [0.25, 0.3) is 0 Å². The van der Waals surface area contributed by atoms with Crippen LogP contribution in [-0.2, 0) is 19.7 Å². The molecule has 11 nitrogen and oxygen atoms in total. The molecule has 2 saturated heterocycles. The van der Waals surface area contributed by atoms with Gasteiger partial charge in [0, 0.05) is 24.9 Å². The number of carbonyl (C=O) groups excluding carboxylic acids is 3. The maximum absolute atomic E-state index is 13.6. The summed E-state index contributed by atoms with van der Waals surface area (Å²) in [6, 6.07) is 12.4. The molecule has 4 aromatic rings. The highest BCUT2D eigenvalue weighted by molar-refractivity contribution is 5.87. The van der Waals surface area contributed by atoms with E-state index >= 15 is 0 Å². The van der Waals surface area contributed by atoms with Crippen LogP contribution in [-0.4, -0.2) is 73.9 Å². The van der Waals surface area contributed by atoms with Gasteiger partial charge in [0.1, 0.15) is 17.7 Å². The molecule has 2 aromatic heterocycles. The van der Waals surface area contributed by atoms with Crippen LogP contribution in [0.3, 0.4) is 0 Å². The first-order chi connectivity index (χ1) is 24.9. The zero-order chi connectivity index (χ0) is 36.9. The number of benzene rings is 2. The number of amides is 3. The molecule has 11 heteroatoms. The smallest absolute Gasteiger partial charge is 0.407 e. The standard InChI is InChI=1S/C41H51N7O4/c1-23(2)18-35(49)47-16-8-10-33(47)37-42-21-31(44-37)25-12-14-27-28-15-13-26(20-30(28)41(5,6)29(27)19-25)32-22-43-38(45-32)34-11-9-17-48(34)39(50)36(24(3)4)46-40(51)52-7/h12-15,19-24,33-34,36H,8-11,16-18H2,1-7H3,(H,42,44)(H,43,45)(H,46,51)/t33-,34-,36-/m0/s1. The van der Waals surface area contributed by atoms with Crippen molar-refractivity contribution in [3.05, 3.63) is 71.6 Å². The highest BCUT2D eigenvalue weighted by atomic mass is 16.5. The van der Waals surface area contributed by atoms with Crippen molar-refractivity contribution >= 4 is 17.9 Å². The van der Waals surface area contributed by atoms with Crippen LogP contribution in [0.25, 0.3) is 33.6 Å². The van der Waals surface area contributed by atoms with Crippen LogP contribution in [0.15, 0.2) is 48.8 Å². The summed E-state index contributed by atoms with van der Waals surface area (Å²) in [6.07, 6.45) is 7.28. The topological polar surface area (TPSA) is 136 Å². The van der Waals surface area contributed by atoms with Crippen molar-refractivity contribution < 1.29 is 19.1 Å². The number of rotatable bonds is 9. The summed E-state index contributed by atoms with van der Waals surface area (Å²) in [6.45, 7) is 13.9. The summed E-state index contributed by atoms with van der Waals surface area (Å²) in [5.74, 6) is 1.92. The highest BCUT2D eigenvalue weighted by Gasteiger charge is 2.39. The van der Waals surface area contributed by atoms with Crippen LogP contribution in [0.4, 0.5) is 4.79 Å². The van der Waals surface area contributed by atoms with Gasteiger partial charge in [-0.2, -0.15) is 0 Å². The first-order valence-corrected chi connectivity index (χ1v) is 18.7. The quantitative estimate of drug-likeness (QED) is 0.165. The molecule has 3 atom stereocenters. The van der Waals surface area contributed by atoms with Crippen molar-refractivity contribution in [2.75, 3.05) is 20.2 Å². The molecule has 4 heterocycles. The zero-order valence-electron chi connectivity index (χ0n) is 31.4. The molecule has 3 amide bonds. The molecule has 2 fully saturated rings. The van der Waals surface area contributed by atoms with E-state index in [1.807, 2.05) is 36.0 Å². The lowest BCUT2D eigenvalue weighted by atomic mass is 9.81. The fourth-order valence-corrected chi connectivity index (χ4v) is 8.39. The van der Waals surface area contributed by atoms with Gasteiger partial charge in [0.15, 0.2) is 0 Å². The van der Waals surface area contributed by atoms with E-state index in [-0.39, 0.29) is 35.2 Å². The van der Waals surface area contributed by atoms with Gasteiger partial charge in [0.05, 0.1) is 43.0 Å². The molecule has 2 aliphatic heterocycles. The van der Waals surface area contributed by atoms with Crippen LogP contribution < -0.4 is 5.32 Å². The number of hydrogen-bond acceptors (Lipinski definition) is 6. The van der Waals surface area contributed by atoms with Crippen molar-refractivity contribution in [3.63, 3.8) is 0 Å². The Labute approximate surface area is 306 Å². The maximum Gasteiger partial charge on any atom is 0.407 e. The molecule has 3 N–H and O–H groups in total. The minimum Gasteiger partial charge on any atom is -0.453 e. The van der Waals surface area contributed by atoms with E-state index in [0.717, 1.165) is 66.4 Å². The van der Waals surface area contributed by atoms with Crippen LogP contribution in [0.5, 0.6) is 0 Å². The molecule has 7 rings (SSSR count). The molecular weight excluding hydrogens is 654 g/mol. The van der Waals surface area contributed by atoms with Gasteiger partial charge in [-0.1, -0.05) is 65.8 Å². The predicted molar refractivity (Wildman–Crippen MR) is 200 cm³/mol. The SMILES string of the molecule is COC(=O)N[C@H](C(=O)N1CCC[C@H]1c1ncc(-c2ccc3c(c2)C(C)(C)c2cc(-c4cnc([C@@H]5CCCN5C(=O)CC(C)C)[nH]4)ccc2-3)[nH]1)C(C)C. The Bertz CT molecular complexity index is 1990. The average Bonchev–Trinajstić information content (AvgIpc) is 3.96. The van der Waals surface area contributed by atoms with Crippen molar-refractivity contribution in [2.24, 2.45) is 11.8 Å². The van der Waals surface area contributed by atoms with Crippen LogP contribution in [0, 0.1) is 11.8 Å². The second kappa shape index (κ2) is 13.9. The third kappa shape index (κ3) is 6.39. The van der Waals surface area contributed by atoms with Gasteiger partial charge in [0.2, 0.25) is 11.8 Å². The third-order valence-corrected chi connectivity index (χ3v) is 11.2. The number of methoxy groups -OCH3 is 1. The minimum atomic E-state index is -0.679. The van der Waals surface area contributed by atoms with Crippen LogP contribution in [0.1, 0.15) is 109 Å². The van der Waals surface area contributed by atoms with Crippen molar-refractivity contribution in [1.82, 2.24) is 35.1 Å². The number of aromatic nitrogens is 4. The lowest BCUT2D eigenvalue weighted by Crippen LogP contribution is -2.51. The molecule has 2 aromatic carbocycles. The van der Waals surface area contributed by atoms with Gasteiger partial charge in [-0.25, -0.2) is 14.8 Å². The number of H-pyrrole nitrogens is 2. The molecule has 0 bridgehead atoms. The van der Waals surface area contributed by atoms with Crippen LogP contribution >= 0.6 is 0 Å². The Morgan fingerprint density at radius 3 is 1.87 bits per heavy atom. The van der Waals surface area contributed by atoms with Gasteiger partial charge in [-0.3, -0.25) is 9.59 Å². The number of ether oxygens (including phenoxy) is 1. The second-order valence-electron chi connectivity index (χ2n) is 15.9. The first-order valence-electron chi connectivity index (χ1n) is 18.7. The number of fused-ring (bicyclic) bond motifs is 3. The van der Waals surface area contributed by atoms with Gasteiger partial charge in [-0.05, 0) is 83.0 Å². The number of likely N-dealkylation sites (tertiary alicyclic amines) is 2.